The maximum Gasteiger partial charge on any atom is 0.296 e. The summed E-state index contributed by atoms with van der Waals surface area (Å²) < 4.78 is 17.1. The van der Waals surface area contributed by atoms with Crippen LogP contribution < -0.4 is 14.4 Å². The highest BCUT2D eigenvalue weighted by molar-refractivity contribution is 7.15. The van der Waals surface area contributed by atoms with Crippen molar-refractivity contribution in [2.75, 3.05) is 18.6 Å². The molecule has 3 heterocycles. The van der Waals surface area contributed by atoms with Gasteiger partial charge in [-0.05, 0) is 50.1 Å². The number of hydrogen-bond acceptors (Lipinski definition) is 8. The van der Waals surface area contributed by atoms with Gasteiger partial charge in [-0.3, -0.25) is 14.5 Å². The Morgan fingerprint density at radius 3 is 2.68 bits per heavy atom. The minimum absolute atomic E-state index is 0.00872. The number of methoxy groups -OCH3 is 1. The van der Waals surface area contributed by atoms with Crippen LogP contribution in [0.5, 0.6) is 11.5 Å². The molecule has 2 aromatic heterocycles. The molecule has 0 spiro atoms. The van der Waals surface area contributed by atoms with Gasteiger partial charge in [0.1, 0.15) is 5.75 Å². The largest absolute Gasteiger partial charge is 0.503 e. The third kappa shape index (κ3) is 4.25. The summed E-state index contributed by atoms with van der Waals surface area (Å²) in [4.78, 5) is 34.2. The average molecular weight is 519 g/mol. The Labute approximate surface area is 217 Å². The number of thiazole rings is 1. The van der Waals surface area contributed by atoms with Gasteiger partial charge in [0.05, 0.1) is 31.0 Å². The lowest BCUT2D eigenvalue weighted by molar-refractivity contribution is -0.117. The molecule has 0 saturated heterocycles. The van der Waals surface area contributed by atoms with Gasteiger partial charge < -0.3 is 19.0 Å². The van der Waals surface area contributed by atoms with Crippen molar-refractivity contribution in [3.05, 3.63) is 81.8 Å². The fourth-order valence-electron chi connectivity index (χ4n) is 4.34. The Morgan fingerprint density at radius 2 is 1.97 bits per heavy atom. The van der Waals surface area contributed by atoms with Gasteiger partial charge in [-0.1, -0.05) is 31.2 Å². The molecule has 1 aliphatic rings. The SMILES string of the molecule is CCCOc1cccc(C2C(C(=O)c3cc4cccc(OC)c4o3)=C(O)C(=O)N2c2nc(C)c(C)s2)c1. The van der Waals surface area contributed by atoms with E-state index in [0.29, 0.717) is 39.8 Å². The topological polar surface area (TPSA) is 102 Å². The van der Waals surface area contributed by atoms with Crippen LogP contribution in [0.2, 0.25) is 0 Å². The highest BCUT2D eigenvalue weighted by Gasteiger charge is 2.46. The first kappa shape index (κ1) is 24.6. The van der Waals surface area contributed by atoms with Crippen LogP contribution in [0, 0.1) is 13.8 Å². The van der Waals surface area contributed by atoms with Gasteiger partial charge >= 0.3 is 0 Å². The van der Waals surface area contributed by atoms with Crippen molar-refractivity contribution in [1.82, 2.24) is 4.98 Å². The Morgan fingerprint density at radius 1 is 1.19 bits per heavy atom. The molecule has 0 radical (unpaired) electrons. The second kappa shape index (κ2) is 9.74. The smallest absolute Gasteiger partial charge is 0.296 e. The van der Waals surface area contributed by atoms with Crippen molar-refractivity contribution in [3.8, 4) is 11.5 Å². The van der Waals surface area contributed by atoms with E-state index < -0.39 is 23.5 Å². The molecule has 37 heavy (non-hydrogen) atoms. The summed E-state index contributed by atoms with van der Waals surface area (Å²) in [5.74, 6) is -0.856. The number of benzene rings is 2. The predicted molar refractivity (Wildman–Crippen MR) is 141 cm³/mol. The van der Waals surface area contributed by atoms with E-state index in [9.17, 15) is 14.7 Å². The van der Waals surface area contributed by atoms with Crippen molar-refractivity contribution in [2.24, 2.45) is 0 Å². The number of anilines is 1. The van der Waals surface area contributed by atoms with E-state index in [4.69, 9.17) is 13.9 Å². The summed E-state index contributed by atoms with van der Waals surface area (Å²) in [6, 6.07) is 13.2. The standard InChI is InChI=1S/C28H26N2O6S/c1-5-12-35-19-10-6-8-17(13-19)23-22(25(32)27(33)30(23)28-29-15(2)16(3)37-28)24(31)21-14-18-9-7-11-20(34-4)26(18)36-21/h6-11,13-14,23,32H,5,12H2,1-4H3. The van der Waals surface area contributed by atoms with Crippen molar-refractivity contribution in [3.63, 3.8) is 0 Å². The molecule has 0 fully saturated rings. The number of hydrogen-bond donors (Lipinski definition) is 1. The number of aryl methyl sites for hydroxylation is 2. The highest BCUT2D eigenvalue weighted by atomic mass is 32.1. The molecule has 1 N–H and O–H groups in total. The summed E-state index contributed by atoms with van der Waals surface area (Å²) in [6.45, 7) is 6.29. The van der Waals surface area contributed by atoms with Crippen LogP contribution >= 0.6 is 11.3 Å². The molecular weight excluding hydrogens is 492 g/mol. The molecular formula is C28H26N2O6S. The van der Waals surface area contributed by atoms with Crippen LogP contribution in [0.4, 0.5) is 5.13 Å². The van der Waals surface area contributed by atoms with Gasteiger partial charge in [-0.2, -0.15) is 0 Å². The van der Waals surface area contributed by atoms with Gasteiger partial charge in [0, 0.05) is 10.3 Å². The van der Waals surface area contributed by atoms with E-state index in [-0.39, 0.29) is 11.3 Å². The Kier molecular flexibility index (Phi) is 6.47. The molecule has 1 atom stereocenters. The quantitative estimate of drug-likeness (QED) is 0.282. The van der Waals surface area contributed by atoms with Crippen LogP contribution in [0.25, 0.3) is 11.0 Å². The predicted octanol–water partition coefficient (Wildman–Crippen LogP) is 6.09. The van der Waals surface area contributed by atoms with Gasteiger partial charge in [-0.25, -0.2) is 4.98 Å². The molecule has 8 nitrogen and oxygen atoms in total. The molecule has 1 amide bonds. The van der Waals surface area contributed by atoms with Gasteiger partial charge in [-0.15, -0.1) is 11.3 Å². The number of aliphatic hydroxyl groups excluding tert-OH is 1. The molecule has 9 heteroatoms. The lowest BCUT2D eigenvalue weighted by Gasteiger charge is -2.24. The van der Waals surface area contributed by atoms with Crippen LogP contribution in [0.15, 0.2) is 64.3 Å². The fraction of sp³-hybridized carbons (Fsp3) is 0.250. The Bertz CT molecular complexity index is 1530. The molecule has 4 aromatic rings. The third-order valence-corrected chi connectivity index (χ3v) is 7.35. The summed E-state index contributed by atoms with van der Waals surface area (Å²) >= 11 is 1.33. The first-order chi connectivity index (χ1) is 17.8. The van der Waals surface area contributed by atoms with Gasteiger partial charge in [0.15, 0.2) is 28.0 Å². The van der Waals surface area contributed by atoms with E-state index >= 15 is 0 Å². The zero-order valence-corrected chi connectivity index (χ0v) is 21.7. The Hall–Kier alpha value is -4.11. The second-order valence-corrected chi connectivity index (χ2v) is 9.90. The number of carbonyl (C=O) groups excluding carboxylic acids is 2. The number of furan rings is 1. The number of Topliss-reactive ketones (excluding diaryl/α,β-unsaturated/α-hetero) is 1. The Balaban J connectivity index is 1.65. The normalized spacial score (nSPS) is 15.6. The molecule has 0 saturated carbocycles. The van der Waals surface area contributed by atoms with Crippen LogP contribution in [-0.4, -0.2) is 35.5 Å². The number of aliphatic hydroxyl groups is 1. The lowest BCUT2D eigenvalue weighted by atomic mass is 9.95. The van der Waals surface area contributed by atoms with Crippen molar-refractivity contribution >= 4 is 39.1 Å². The lowest BCUT2D eigenvalue weighted by Crippen LogP contribution is -2.31. The van der Waals surface area contributed by atoms with E-state index in [1.54, 1.807) is 42.5 Å². The first-order valence-corrected chi connectivity index (χ1v) is 12.7. The number of ketones is 1. The number of aromatic nitrogens is 1. The number of amides is 1. The minimum Gasteiger partial charge on any atom is -0.503 e. The van der Waals surface area contributed by atoms with Crippen LogP contribution in [0.1, 0.15) is 46.1 Å². The molecule has 5 rings (SSSR count). The third-order valence-electron chi connectivity index (χ3n) is 6.27. The minimum atomic E-state index is -0.926. The van der Waals surface area contributed by atoms with Gasteiger partial charge in [0.25, 0.3) is 5.91 Å². The monoisotopic (exact) mass is 518 g/mol. The van der Waals surface area contributed by atoms with Crippen molar-refractivity contribution in [1.29, 1.82) is 0 Å². The van der Waals surface area contributed by atoms with E-state index in [1.807, 2.05) is 26.8 Å². The van der Waals surface area contributed by atoms with Crippen LogP contribution in [0.3, 0.4) is 0 Å². The summed E-state index contributed by atoms with van der Waals surface area (Å²) in [5.41, 5.74) is 1.71. The fourth-order valence-corrected chi connectivity index (χ4v) is 5.28. The number of fused-ring (bicyclic) bond motifs is 1. The highest BCUT2D eigenvalue weighted by Crippen LogP contribution is 2.44. The first-order valence-electron chi connectivity index (χ1n) is 11.9. The zero-order chi connectivity index (χ0) is 26.3. The van der Waals surface area contributed by atoms with E-state index in [0.717, 1.165) is 17.0 Å². The molecule has 0 bridgehead atoms. The molecule has 1 unspecified atom stereocenters. The molecule has 190 valence electrons. The molecule has 0 aliphatic carbocycles. The number of para-hydroxylation sites is 1. The zero-order valence-electron chi connectivity index (χ0n) is 20.9. The number of carbonyl (C=O) groups is 2. The van der Waals surface area contributed by atoms with E-state index in [1.165, 1.54) is 23.3 Å². The number of rotatable bonds is 8. The maximum atomic E-state index is 13.9. The van der Waals surface area contributed by atoms with Gasteiger partial charge in [0.2, 0.25) is 5.78 Å². The molecule has 2 aromatic carbocycles. The summed E-state index contributed by atoms with van der Waals surface area (Å²) in [5, 5.41) is 12.1. The molecule has 1 aliphatic heterocycles. The summed E-state index contributed by atoms with van der Waals surface area (Å²) in [6.07, 6.45) is 0.829. The number of nitrogens with zero attached hydrogens (tertiary/aromatic N) is 2. The van der Waals surface area contributed by atoms with Crippen LogP contribution in [-0.2, 0) is 4.79 Å². The maximum absolute atomic E-state index is 13.9. The second-order valence-electron chi connectivity index (χ2n) is 8.72. The number of ether oxygens (including phenoxy) is 2. The van der Waals surface area contributed by atoms with Crippen molar-refractivity contribution < 1.29 is 28.6 Å². The summed E-state index contributed by atoms with van der Waals surface area (Å²) in [7, 11) is 1.52. The van der Waals surface area contributed by atoms with E-state index in [2.05, 4.69) is 4.98 Å². The average Bonchev–Trinajstić information content (AvgIpc) is 3.56. The van der Waals surface area contributed by atoms with Crippen molar-refractivity contribution in [2.45, 2.75) is 33.2 Å².